The Morgan fingerprint density at radius 3 is 2.37 bits per heavy atom. The second-order valence-electron chi connectivity index (χ2n) is 14.8. The summed E-state index contributed by atoms with van der Waals surface area (Å²) in [6.07, 6.45) is 7.76. The molecule has 2 aliphatic heterocycles. The van der Waals surface area contributed by atoms with Crippen LogP contribution in [0.3, 0.4) is 0 Å². The molecule has 54 heavy (non-hydrogen) atoms. The van der Waals surface area contributed by atoms with Crippen molar-refractivity contribution in [1.29, 1.82) is 0 Å². The smallest absolute Gasteiger partial charge is 0.287 e. The molecule has 3 aliphatic rings. The van der Waals surface area contributed by atoms with Crippen molar-refractivity contribution >= 4 is 23.4 Å². The topological polar surface area (TPSA) is 130 Å². The summed E-state index contributed by atoms with van der Waals surface area (Å²) in [6, 6.07) is 7.75. The third-order valence-electron chi connectivity index (χ3n) is 11.4. The van der Waals surface area contributed by atoms with Crippen LogP contribution < -0.4 is 15.4 Å². The lowest BCUT2D eigenvalue weighted by Gasteiger charge is -2.53. The first-order chi connectivity index (χ1) is 25.9. The van der Waals surface area contributed by atoms with Crippen molar-refractivity contribution in [2.75, 3.05) is 53.2 Å². The zero-order valence-electron chi connectivity index (χ0n) is 31.4. The lowest BCUT2D eigenvalue weighted by molar-refractivity contribution is -0.0229. The van der Waals surface area contributed by atoms with Crippen molar-refractivity contribution in [2.45, 2.75) is 70.2 Å². The number of aromatic nitrogens is 4. The first-order valence-electron chi connectivity index (χ1n) is 18.4. The number of anilines is 1. The van der Waals surface area contributed by atoms with Crippen LogP contribution in [0, 0.1) is 18.6 Å². The predicted molar refractivity (Wildman–Crippen MR) is 197 cm³/mol. The number of imidazole rings is 1. The number of likely N-dealkylation sites (tertiary alicyclic amines) is 1. The lowest BCUT2D eigenvalue weighted by Crippen LogP contribution is -2.56. The third-order valence-corrected chi connectivity index (χ3v) is 11.4. The molecule has 2 aromatic heterocycles. The van der Waals surface area contributed by atoms with Gasteiger partial charge in [0.15, 0.2) is 5.82 Å². The molecule has 0 unspecified atom stereocenters. The van der Waals surface area contributed by atoms with E-state index in [9.17, 15) is 14.4 Å². The number of fused-ring (bicyclic) bond motifs is 2. The molecule has 286 valence electrons. The van der Waals surface area contributed by atoms with Crippen LogP contribution in [0.5, 0.6) is 5.75 Å². The fraction of sp³-hybridized carbons (Fsp3) is 0.462. The number of piperidine rings is 1. The van der Waals surface area contributed by atoms with Crippen molar-refractivity contribution < 1.29 is 27.9 Å². The molecule has 13 nitrogen and oxygen atoms in total. The highest BCUT2D eigenvalue weighted by Gasteiger charge is 2.49. The van der Waals surface area contributed by atoms with E-state index in [1.165, 1.54) is 26.1 Å². The van der Waals surface area contributed by atoms with Gasteiger partial charge >= 0.3 is 0 Å². The van der Waals surface area contributed by atoms with Crippen molar-refractivity contribution in [1.82, 2.24) is 39.3 Å². The molecule has 1 saturated carbocycles. The van der Waals surface area contributed by atoms with Crippen LogP contribution in [0.25, 0.3) is 0 Å². The fourth-order valence-electron chi connectivity index (χ4n) is 8.07. The fourth-order valence-corrected chi connectivity index (χ4v) is 8.07. The number of methoxy groups -OCH3 is 1. The van der Waals surface area contributed by atoms with Crippen LogP contribution >= 0.6 is 0 Å². The van der Waals surface area contributed by atoms with Gasteiger partial charge in [-0.2, -0.15) is 5.10 Å². The van der Waals surface area contributed by atoms with Gasteiger partial charge in [-0.05, 0) is 77.4 Å². The van der Waals surface area contributed by atoms with E-state index in [4.69, 9.17) is 4.74 Å². The van der Waals surface area contributed by atoms with E-state index in [1.807, 2.05) is 16.2 Å². The van der Waals surface area contributed by atoms with Gasteiger partial charge in [0.2, 0.25) is 0 Å². The second-order valence-corrected chi connectivity index (χ2v) is 14.8. The van der Waals surface area contributed by atoms with E-state index in [2.05, 4.69) is 37.6 Å². The molecule has 1 saturated heterocycles. The Bertz CT molecular complexity index is 2060. The Morgan fingerprint density at radius 2 is 1.72 bits per heavy atom. The standard InChI is InChI=1S/C39H47F2N9O4/c1-24-29(21-44-50(24)28-9-13-47(4)14-10-28)36(51)45-27-8-7-25(33(19-27)54-5)20-43-37(52)35-42-22-34-39(11-6-12-39)48(15-16-49(34)35)23-30-31(40)17-26(18-32(30)41)38(53)46(2)3/h7-8,17-19,21-22,28H,6,9-16,20,23H2,1-5H3,(H,43,52)(H,45,51). The quantitative estimate of drug-likeness (QED) is 0.239. The average Bonchev–Trinajstić information content (AvgIpc) is 3.75. The molecule has 2 aromatic carbocycles. The summed E-state index contributed by atoms with van der Waals surface area (Å²) >= 11 is 0. The van der Waals surface area contributed by atoms with Crippen LogP contribution in [0.2, 0.25) is 0 Å². The van der Waals surface area contributed by atoms with Crippen LogP contribution in [-0.4, -0.2) is 99.6 Å². The number of benzene rings is 2. The van der Waals surface area contributed by atoms with E-state index < -0.39 is 23.1 Å². The Kier molecular flexibility index (Phi) is 10.3. The molecule has 0 bridgehead atoms. The van der Waals surface area contributed by atoms with E-state index >= 15 is 8.78 Å². The van der Waals surface area contributed by atoms with E-state index in [1.54, 1.807) is 30.6 Å². The number of hydrogen-bond donors (Lipinski definition) is 2. The minimum atomic E-state index is -0.759. The maximum atomic E-state index is 15.2. The molecule has 1 spiro atoms. The molecule has 15 heteroatoms. The number of amides is 3. The van der Waals surface area contributed by atoms with Crippen molar-refractivity contribution in [3.8, 4) is 5.75 Å². The number of carbonyl (C=O) groups excluding carboxylic acids is 3. The minimum Gasteiger partial charge on any atom is -0.496 e. The van der Waals surface area contributed by atoms with Crippen molar-refractivity contribution in [3.63, 3.8) is 0 Å². The maximum absolute atomic E-state index is 15.2. The number of nitrogens with one attached hydrogen (secondary N) is 2. The maximum Gasteiger partial charge on any atom is 0.287 e. The van der Waals surface area contributed by atoms with Gasteiger partial charge < -0.3 is 29.7 Å². The summed E-state index contributed by atoms with van der Waals surface area (Å²) in [4.78, 5) is 49.3. The van der Waals surface area contributed by atoms with Gasteiger partial charge in [0.25, 0.3) is 17.7 Å². The Balaban J connectivity index is 1.01. The third kappa shape index (κ3) is 6.86. The molecule has 1 aliphatic carbocycles. The highest BCUT2D eigenvalue weighted by molar-refractivity contribution is 6.05. The van der Waals surface area contributed by atoms with Gasteiger partial charge in [0.05, 0.1) is 42.3 Å². The number of halogens is 2. The molecule has 3 amide bonds. The van der Waals surface area contributed by atoms with Crippen LogP contribution in [0.15, 0.2) is 42.7 Å². The van der Waals surface area contributed by atoms with Gasteiger partial charge in [0.1, 0.15) is 17.4 Å². The second kappa shape index (κ2) is 14.9. The molecule has 0 radical (unpaired) electrons. The first-order valence-corrected chi connectivity index (χ1v) is 18.4. The van der Waals surface area contributed by atoms with Gasteiger partial charge in [0, 0.05) is 74.4 Å². The van der Waals surface area contributed by atoms with Gasteiger partial charge in [-0.15, -0.1) is 0 Å². The van der Waals surface area contributed by atoms with Crippen molar-refractivity contribution in [2.24, 2.45) is 0 Å². The van der Waals surface area contributed by atoms with E-state index in [0.29, 0.717) is 35.7 Å². The zero-order valence-corrected chi connectivity index (χ0v) is 31.4. The molecule has 4 aromatic rings. The van der Waals surface area contributed by atoms with Gasteiger partial charge in [-0.1, -0.05) is 6.07 Å². The molecule has 0 atom stereocenters. The summed E-state index contributed by atoms with van der Waals surface area (Å²) in [5.74, 6) is -1.85. The number of rotatable bonds is 10. The summed E-state index contributed by atoms with van der Waals surface area (Å²) in [5, 5.41) is 10.5. The number of hydrogen-bond acceptors (Lipinski definition) is 8. The summed E-state index contributed by atoms with van der Waals surface area (Å²) < 4.78 is 40.0. The highest BCUT2D eigenvalue weighted by atomic mass is 19.1. The molecular formula is C39H47F2N9O4. The summed E-state index contributed by atoms with van der Waals surface area (Å²) in [6.45, 7) is 4.96. The summed E-state index contributed by atoms with van der Waals surface area (Å²) in [7, 11) is 6.71. The molecule has 4 heterocycles. The average molecular weight is 744 g/mol. The normalized spacial score (nSPS) is 17.2. The molecule has 2 fully saturated rings. The number of carbonyl (C=O) groups is 3. The van der Waals surface area contributed by atoms with E-state index in [0.717, 1.165) is 68.7 Å². The monoisotopic (exact) mass is 743 g/mol. The Hall–Kier alpha value is -5.15. The number of nitrogens with zero attached hydrogens (tertiary/aromatic N) is 7. The molecular weight excluding hydrogens is 696 g/mol. The van der Waals surface area contributed by atoms with Crippen LogP contribution in [0.1, 0.15) is 92.0 Å². The Labute approximate surface area is 313 Å². The van der Waals surface area contributed by atoms with Crippen LogP contribution in [-0.2, 0) is 25.2 Å². The summed E-state index contributed by atoms with van der Waals surface area (Å²) in [5.41, 5.74) is 2.82. The Morgan fingerprint density at radius 1 is 1.00 bits per heavy atom. The first kappa shape index (κ1) is 37.2. The molecule has 7 rings (SSSR count). The van der Waals surface area contributed by atoms with Gasteiger partial charge in [-0.25, -0.2) is 13.8 Å². The predicted octanol–water partition coefficient (Wildman–Crippen LogP) is 4.72. The minimum absolute atomic E-state index is 0.0266. The van der Waals surface area contributed by atoms with Crippen LogP contribution in [0.4, 0.5) is 14.5 Å². The van der Waals surface area contributed by atoms with Crippen molar-refractivity contribution in [3.05, 3.63) is 93.8 Å². The number of ether oxygens (including phenoxy) is 1. The zero-order chi connectivity index (χ0) is 38.3. The SMILES string of the molecule is COc1cc(NC(=O)c2cnn(C3CCN(C)CC3)c2C)ccc1CNC(=O)c1ncc2n1CCN(Cc1c(F)cc(C(=O)N(C)C)cc1F)C21CCC1. The van der Waals surface area contributed by atoms with Gasteiger partial charge in [-0.3, -0.25) is 24.0 Å². The lowest BCUT2D eigenvalue weighted by atomic mass is 9.72. The largest absolute Gasteiger partial charge is 0.496 e. The highest BCUT2D eigenvalue weighted by Crippen LogP contribution is 2.49. The molecule has 2 N–H and O–H groups in total. The van der Waals surface area contributed by atoms with E-state index in [-0.39, 0.29) is 47.9 Å².